The average molecular weight is 540 g/mol. The lowest BCUT2D eigenvalue weighted by Gasteiger charge is -2.41. The quantitative estimate of drug-likeness (QED) is 0.366. The van der Waals surface area contributed by atoms with Crippen molar-refractivity contribution in [1.82, 2.24) is 0 Å². The summed E-state index contributed by atoms with van der Waals surface area (Å²) in [5.74, 6) is -40.7. The topological polar surface area (TPSA) is 27.7 Å². The van der Waals surface area contributed by atoms with E-state index in [1.807, 2.05) is 0 Å². The van der Waals surface area contributed by atoms with Crippen LogP contribution in [-0.2, 0) is 4.74 Å². The van der Waals surface area contributed by atoms with Gasteiger partial charge in [0, 0.05) is 10.8 Å². The highest BCUT2D eigenvalue weighted by atomic mass is 32.1. The zero-order valence-electron chi connectivity index (χ0n) is 14.9. The fourth-order valence-electron chi connectivity index (χ4n) is 2.18. The molecule has 1 unspecified atom stereocenters. The van der Waals surface area contributed by atoms with Crippen LogP contribution in [-0.4, -0.2) is 61.2 Å². The first kappa shape index (κ1) is 27.5. The van der Waals surface area contributed by atoms with Gasteiger partial charge in [0.05, 0.1) is 6.61 Å². The molecule has 19 heteroatoms. The molecule has 192 valence electrons. The van der Waals surface area contributed by atoms with Gasteiger partial charge in [0.1, 0.15) is 6.61 Å². The van der Waals surface area contributed by atoms with Gasteiger partial charge in [-0.05, 0) is 0 Å². The molecule has 2 heterocycles. The molecule has 1 aromatic heterocycles. The number of hydrogen-bond donors (Lipinski definition) is 0. The molecule has 0 N–H and O–H groups in total. The van der Waals surface area contributed by atoms with Crippen LogP contribution < -0.4 is 9.47 Å². The van der Waals surface area contributed by atoms with Crippen molar-refractivity contribution in [3.63, 3.8) is 0 Å². The number of alkyl halides is 15. The lowest BCUT2D eigenvalue weighted by atomic mass is 9.93. The molecule has 1 atom stereocenters. The number of hydrogen-bond acceptors (Lipinski definition) is 4. The SMILES string of the molecule is FC(F)(F)C(F)(F)C(F)(F)C(F)(F)C(F)(F)C(F)(F)C(F)(F)OCC1COc2cscc2O1. The molecule has 0 spiro atoms. The highest BCUT2D eigenvalue weighted by Gasteiger charge is 2.93. The van der Waals surface area contributed by atoms with E-state index in [9.17, 15) is 65.9 Å². The van der Waals surface area contributed by atoms with E-state index < -0.39 is 61.2 Å². The maximum absolute atomic E-state index is 13.6. The molecule has 0 radical (unpaired) electrons. The van der Waals surface area contributed by atoms with Crippen molar-refractivity contribution in [3.8, 4) is 11.5 Å². The first-order valence-corrected chi connectivity index (χ1v) is 8.82. The first-order chi connectivity index (χ1) is 14.5. The summed E-state index contributed by atoms with van der Waals surface area (Å²) in [7, 11) is 0. The monoisotopic (exact) mass is 540 g/mol. The smallest absolute Gasteiger partial charge is 0.460 e. The van der Waals surface area contributed by atoms with Crippen molar-refractivity contribution < 1.29 is 80.1 Å². The Morgan fingerprint density at radius 1 is 0.697 bits per heavy atom. The maximum Gasteiger partial charge on any atom is 0.460 e. The fourth-order valence-corrected chi connectivity index (χ4v) is 2.85. The van der Waals surface area contributed by atoms with Crippen LogP contribution in [0.25, 0.3) is 0 Å². The molecule has 0 aromatic carbocycles. The van der Waals surface area contributed by atoms with Crippen molar-refractivity contribution in [2.24, 2.45) is 0 Å². The lowest BCUT2D eigenvalue weighted by molar-refractivity contribution is -0.473. The van der Waals surface area contributed by atoms with Gasteiger partial charge < -0.3 is 14.2 Å². The van der Waals surface area contributed by atoms with Crippen LogP contribution in [0.15, 0.2) is 10.8 Å². The molecule has 1 aromatic rings. The minimum atomic E-state index is -8.36. The maximum atomic E-state index is 13.6. The summed E-state index contributed by atoms with van der Waals surface area (Å²) in [6.45, 7) is -2.54. The number of rotatable bonds is 8. The standard InChI is InChI=1S/C14H7F15O3S/c15-8(16,9(17,18)11(21,22)13(25,26)27)10(19,20)12(23,24)14(28,29)31-2-5-1-30-6-3-33-4-7(6)32-5/h3-5H,1-2H2. The summed E-state index contributed by atoms with van der Waals surface area (Å²) in [4.78, 5) is 0. The zero-order chi connectivity index (χ0) is 25.9. The summed E-state index contributed by atoms with van der Waals surface area (Å²) in [6.07, 6.45) is -16.2. The summed E-state index contributed by atoms with van der Waals surface area (Å²) in [5, 5.41) is 2.53. The van der Waals surface area contributed by atoms with Crippen LogP contribution in [0.4, 0.5) is 65.9 Å². The second kappa shape index (κ2) is 7.88. The normalized spacial score (nSPS) is 19.1. The van der Waals surface area contributed by atoms with Crippen molar-refractivity contribution in [1.29, 1.82) is 0 Å². The fraction of sp³-hybridized carbons (Fsp3) is 0.714. The third-order valence-corrected chi connectivity index (χ3v) is 4.76. The molecule has 0 aliphatic carbocycles. The Morgan fingerprint density at radius 3 is 1.67 bits per heavy atom. The number of halogens is 15. The molecular formula is C14H7F15O3S. The number of ether oxygens (including phenoxy) is 3. The van der Waals surface area contributed by atoms with Gasteiger partial charge in [-0.15, -0.1) is 11.3 Å². The molecule has 1 aliphatic rings. The van der Waals surface area contributed by atoms with Crippen molar-refractivity contribution in [3.05, 3.63) is 10.8 Å². The number of thiophene rings is 1. The van der Waals surface area contributed by atoms with E-state index in [0.717, 1.165) is 11.3 Å². The molecular weight excluding hydrogens is 533 g/mol. The highest BCUT2D eigenvalue weighted by Crippen LogP contribution is 2.62. The van der Waals surface area contributed by atoms with E-state index in [4.69, 9.17) is 9.47 Å². The van der Waals surface area contributed by atoms with E-state index >= 15 is 0 Å². The number of fused-ring (bicyclic) bond motifs is 1. The summed E-state index contributed by atoms with van der Waals surface area (Å²) in [5.41, 5.74) is 0. The predicted octanol–water partition coefficient (Wildman–Crippen LogP) is 6.24. The zero-order valence-corrected chi connectivity index (χ0v) is 15.8. The first-order valence-electron chi connectivity index (χ1n) is 7.88. The Hall–Kier alpha value is -1.79. The second-order valence-corrected chi connectivity index (χ2v) is 7.09. The van der Waals surface area contributed by atoms with Gasteiger partial charge in [-0.1, -0.05) is 0 Å². The highest BCUT2D eigenvalue weighted by molar-refractivity contribution is 7.08. The van der Waals surface area contributed by atoms with Crippen LogP contribution in [0.2, 0.25) is 0 Å². The molecule has 2 rings (SSSR count). The largest absolute Gasteiger partial charge is 0.485 e. The minimum Gasteiger partial charge on any atom is -0.485 e. The summed E-state index contributed by atoms with van der Waals surface area (Å²) in [6, 6.07) is 0. The Morgan fingerprint density at radius 2 is 1.15 bits per heavy atom. The van der Waals surface area contributed by atoms with Gasteiger partial charge in [-0.2, -0.15) is 65.9 Å². The van der Waals surface area contributed by atoms with Gasteiger partial charge in [0.15, 0.2) is 17.6 Å². The van der Waals surface area contributed by atoms with Crippen LogP contribution >= 0.6 is 11.3 Å². The minimum absolute atomic E-state index is 0.0485. The Labute approximate surface area is 176 Å². The van der Waals surface area contributed by atoms with Crippen LogP contribution in [0.3, 0.4) is 0 Å². The molecule has 0 amide bonds. The van der Waals surface area contributed by atoms with E-state index in [0.29, 0.717) is 0 Å². The molecule has 3 nitrogen and oxygen atoms in total. The van der Waals surface area contributed by atoms with Gasteiger partial charge in [0.25, 0.3) is 0 Å². The molecule has 0 saturated heterocycles. The van der Waals surface area contributed by atoms with Gasteiger partial charge in [-0.25, -0.2) is 0 Å². The van der Waals surface area contributed by atoms with E-state index in [-0.39, 0.29) is 11.5 Å². The van der Waals surface area contributed by atoms with Crippen molar-refractivity contribution in [2.45, 2.75) is 48.0 Å². The van der Waals surface area contributed by atoms with Gasteiger partial charge >= 0.3 is 41.9 Å². The summed E-state index contributed by atoms with van der Waals surface area (Å²) < 4.78 is 209. The predicted molar refractivity (Wildman–Crippen MR) is 75.9 cm³/mol. The molecule has 0 saturated carbocycles. The molecule has 1 aliphatic heterocycles. The molecule has 0 fully saturated rings. The second-order valence-electron chi connectivity index (χ2n) is 6.35. The van der Waals surface area contributed by atoms with E-state index in [1.165, 1.54) is 10.8 Å². The Kier molecular flexibility index (Phi) is 6.55. The van der Waals surface area contributed by atoms with Gasteiger partial charge in [-0.3, -0.25) is 0 Å². The van der Waals surface area contributed by atoms with E-state index in [2.05, 4.69) is 4.74 Å². The van der Waals surface area contributed by atoms with Crippen LogP contribution in [0.1, 0.15) is 0 Å². The van der Waals surface area contributed by atoms with E-state index in [1.54, 1.807) is 0 Å². The third-order valence-electron chi connectivity index (χ3n) is 4.06. The van der Waals surface area contributed by atoms with Gasteiger partial charge in [0.2, 0.25) is 0 Å². The Balaban J connectivity index is 2.29. The molecule has 33 heavy (non-hydrogen) atoms. The summed E-state index contributed by atoms with van der Waals surface area (Å²) >= 11 is 0.943. The average Bonchev–Trinajstić information content (AvgIpc) is 3.12. The van der Waals surface area contributed by atoms with Crippen LogP contribution in [0, 0.1) is 0 Å². The van der Waals surface area contributed by atoms with Crippen molar-refractivity contribution in [2.75, 3.05) is 13.2 Å². The third kappa shape index (κ3) is 4.03. The molecule has 0 bridgehead atoms. The van der Waals surface area contributed by atoms with Crippen LogP contribution in [0.5, 0.6) is 11.5 Å². The Bertz CT molecular complexity index is 847. The van der Waals surface area contributed by atoms with Crippen molar-refractivity contribution >= 4 is 11.3 Å². The lowest BCUT2D eigenvalue weighted by Crippen LogP contribution is -2.72.